The number of hydrogen-bond acceptors (Lipinski definition) is 3. The molecule has 0 spiro atoms. The van der Waals surface area contributed by atoms with E-state index in [1.165, 1.54) is 0 Å². The van der Waals surface area contributed by atoms with Gasteiger partial charge in [0, 0.05) is 20.1 Å². The third-order valence-corrected chi connectivity index (χ3v) is 3.65. The van der Waals surface area contributed by atoms with Crippen molar-refractivity contribution < 1.29 is 9.90 Å². The molecule has 1 rings (SSSR count). The van der Waals surface area contributed by atoms with Crippen LogP contribution in [0.2, 0.25) is 0 Å². The van der Waals surface area contributed by atoms with Crippen LogP contribution in [0, 0.1) is 12.8 Å². The Labute approximate surface area is 116 Å². The zero-order valence-electron chi connectivity index (χ0n) is 11.3. The Balaban J connectivity index is 2.84. The van der Waals surface area contributed by atoms with Crippen LogP contribution >= 0.6 is 15.9 Å². The summed E-state index contributed by atoms with van der Waals surface area (Å²) >= 11 is 3.50. The van der Waals surface area contributed by atoms with Gasteiger partial charge in [-0.15, -0.1) is 0 Å². The van der Waals surface area contributed by atoms with Gasteiger partial charge in [-0.2, -0.15) is 5.10 Å². The van der Waals surface area contributed by atoms with Crippen molar-refractivity contribution in [2.45, 2.75) is 27.3 Å². The van der Waals surface area contributed by atoms with Crippen LogP contribution in [-0.2, 0) is 18.4 Å². The maximum Gasteiger partial charge on any atom is 0.317 e. The number of carbonyl (C=O) groups is 1. The number of aromatic nitrogens is 2. The molecule has 0 aliphatic heterocycles. The van der Waals surface area contributed by atoms with Crippen LogP contribution in [0.1, 0.15) is 25.2 Å². The molecule has 0 saturated heterocycles. The molecule has 6 heteroatoms. The van der Waals surface area contributed by atoms with Gasteiger partial charge in [-0.3, -0.25) is 14.4 Å². The lowest BCUT2D eigenvalue weighted by molar-refractivity contribution is -0.138. The summed E-state index contributed by atoms with van der Waals surface area (Å²) in [6, 6.07) is 0. The number of aliphatic carboxylic acids is 1. The Morgan fingerprint density at radius 1 is 1.56 bits per heavy atom. The predicted molar refractivity (Wildman–Crippen MR) is 73.4 cm³/mol. The van der Waals surface area contributed by atoms with Crippen LogP contribution in [-0.4, -0.2) is 38.8 Å². The van der Waals surface area contributed by atoms with E-state index in [4.69, 9.17) is 5.11 Å². The number of rotatable bonds is 6. The van der Waals surface area contributed by atoms with Gasteiger partial charge in [0.25, 0.3) is 0 Å². The van der Waals surface area contributed by atoms with Crippen molar-refractivity contribution in [2.75, 3.05) is 13.1 Å². The topological polar surface area (TPSA) is 58.4 Å². The van der Waals surface area contributed by atoms with Crippen LogP contribution in [0.15, 0.2) is 4.47 Å². The highest BCUT2D eigenvalue weighted by molar-refractivity contribution is 9.10. The molecule has 0 saturated carbocycles. The normalized spacial score (nSPS) is 11.5. The quantitative estimate of drug-likeness (QED) is 0.872. The average Bonchev–Trinajstić information content (AvgIpc) is 2.43. The largest absolute Gasteiger partial charge is 0.480 e. The van der Waals surface area contributed by atoms with Crippen LogP contribution in [0.25, 0.3) is 0 Å². The molecule has 0 atom stereocenters. The van der Waals surface area contributed by atoms with Crippen molar-refractivity contribution in [2.24, 2.45) is 13.0 Å². The van der Waals surface area contributed by atoms with Crippen molar-refractivity contribution in [3.05, 3.63) is 15.9 Å². The standard InChI is InChI=1S/C12H20BrN3O2/c1-8(2)5-16(7-11(17)18)6-10-12(13)9(3)14-15(10)4/h8H,5-7H2,1-4H3,(H,17,18). The minimum Gasteiger partial charge on any atom is -0.480 e. The summed E-state index contributed by atoms with van der Waals surface area (Å²) < 4.78 is 2.76. The molecule has 0 amide bonds. The molecule has 1 aromatic rings. The molecule has 0 unspecified atom stereocenters. The number of carboxylic acids is 1. The van der Waals surface area contributed by atoms with Gasteiger partial charge in [-0.25, -0.2) is 0 Å². The summed E-state index contributed by atoms with van der Waals surface area (Å²) in [6.45, 7) is 7.48. The molecule has 18 heavy (non-hydrogen) atoms. The second-order valence-corrected chi connectivity index (χ2v) is 5.72. The fourth-order valence-corrected chi connectivity index (χ4v) is 2.42. The first-order valence-electron chi connectivity index (χ1n) is 5.93. The highest BCUT2D eigenvalue weighted by Crippen LogP contribution is 2.21. The number of hydrogen-bond donors (Lipinski definition) is 1. The first-order valence-corrected chi connectivity index (χ1v) is 6.72. The maximum absolute atomic E-state index is 10.9. The molecule has 0 radical (unpaired) electrons. The van der Waals surface area contributed by atoms with Gasteiger partial charge in [0.15, 0.2) is 0 Å². The Morgan fingerprint density at radius 2 is 2.17 bits per heavy atom. The van der Waals surface area contributed by atoms with Gasteiger partial charge >= 0.3 is 5.97 Å². The number of aryl methyl sites for hydroxylation is 2. The van der Waals surface area contributed by atoms with E-state index in [2.05, 4.69) is 34.9 Å². The maximum atomic E-state index is 10.9. The Kier molecular flexibility index (Phi) is 5.34. The van der Waals surface area contributed by atoms with Crippen molar-refractivity contribution in [3.63, 3.8) is 0 Å². The third-order valence-electron chi connectivity index (χ3n) is 2.62. The highest BCUT2D eigenvalue weighted by Gasteiger charge is 2.17. The van der Waals surface area contributed by atoms with Gasteiger partial charge in [-0.05, 0) is 28.8 Å². The third kappa shape index (κ3) is 4.10. The summed E-state index contributed by atoms with van der Waals surface area (Å²) in [6.07, 6.45) is 0. The Hall–Kier alpha value is -0.880. The number of halogens is 1. The minimum absolute atomic E-state index is 0.0504. The van der Waals surface area contributed by atoms with E-state index >= 15 is 0 Å². The zero-order chi connectivity index (χ0) is 13.9. The summed E-state index contributed by atoms with van der Waals surface area (Å²) in [5.41, 5.74) is 1.93. The molecule has 1 aromatic heterocycles. The summed E-state index contributed by atoms with van der Waals surface area (Å²) in [7, 11) is 1.88. The average molecular weight is 318 g/mol. The van der Waals surface area contributed by atoms with E-state index in [0.717, 1.165) is 22.4 Å². The minimum atomic E-state index is -0.800. The lowest BCUT2D eigenvalue weighted by Crippen LogP contribution is -2.33. The molecule has 0 aliphatic carbocycles. The van der Waals surface area contributed by atoms with Gasteiger partial charge in [0.2, 0.25) is 0 Å². The lowest BCUT2D eigenvalue weighted by atomic mass is 10.2. The van der Waals surface area contributed by atoms with Crippen LogP contribution in [0.3, 0.4) is 0 Å². The zero-order valence-corrected chi connectivity index (χ0v) is 12.9. The molecule has 5 nitrogen and oxygen atoms in total. The molecule has 0 fully saturated rings. The molecule has 1 N–H and O–H groups in total. The molecular formula is C12H20BrN3O2. The van der Waals surface area contributed by atoms with E-state index in [9.17, 15) is 4.79 Å². The first kappa shape index (κ1) is 15.2. The van der Waals surface area contributed by atoms with Crippen molar-refractivity contribution in [3.8, 4) is 0 Å². The lowest BCUT2D eigenvalue weighted by Gasteiger charge is -2.22. The molecule has 102 valence electrons. The van der Waals surface area contributed by atoms with Gasteiger partial charge in [0.05, 0.1) is 22.4 Å². The van der Waals surface area contributed by atoms with E-state index in [-0.39, 0.29) is 6.54 Å². The smallest absolute Gasteiger partial charge is 0.317 e. The fraction of sp³-hybridized carbons (Fsp3) is 0.667. The predicted octanol–water partition coefficient (Wildman–Crippen LogP) is 2.03. The van der Waals surface area contributed by atoms with E-state index < -0.39 is 5.97 Å². The second kappa shape index (κ2) is 6.33. The van der Waals surface area contributed by atoms with Crippen molar-refractivity contribution in [1.29, 1.82) is 0 Å². The van der Waals surface area contributed by atoms with E-state index in [0.29, 0.717) is 12.5 Å². The summed E-state index contributed by atoms with van der Waals surface area (Å²) in [4.78, 5) is 12.8. The second-order valence-electron chi connectivity index (χ2n) is 4.93. The van der Waals surface area contributed by atoms with E-state index in [1.54, 1.807) is 4.68 Å². The van der Waals surface area contributed by atoms with E-state index in [1.807, 2.05) is 18.9 Å². The number of nitrogens with zero attached hydrogens (tertiary/aromatic N) is 3. The Bertz CT molecular complexity index is 429. The SMILES string of the molecule is Cc1nn(C)c(CN(CC(=O)O)CC(C)C)c1Br. The highest BCUT2D eigenvalue weighted by atomic mass is 79.9. The van der Waals surface area contributed by atoms with Crippen molar-refractivity contribution in [1.82, 2.24) is 14.7 Å². The van der Waals surface area contributed by atoms with Crippen LogP contribution in [0.5, 0.6) is 0 Å². The van der Waals surface area contributed by atoms with Crippen molar-refractivity contribution >= 4 is 21.9 Å². The molecule has 1 heterocycles. The van der Waals surface area contributed by atoms with Crippen LogP contribution < -0.4 is 0 Å². The Morgan fingerprint density at radius 3 is 2.56 bits per heavy atom. The molecule has 0 bridgehead atoms. The monoisotopic (exact) mass is 317 g/mol. The molecule has 0 aliphatic rings. The van der Waals surface area contributed by atoms with Crippen LogP contribution in [0.4, 0.5) is 0 Å². The fourth-order valence-electron chi connectivity index (χ4n) is 1.96. The molecule has 0 aromatic carbocycles. The number of carboxylic acid groups (broad SMARTS) is 1. The summed E-state index contributed by atoms with van der Waals surface area (Å²) in [5, 5.41) is 13.3. The van der Waals surface area contributed by atoms with Gasteiger partial charge in [0.1, 0.15) is 0 Å². The first-order chi connectivity index (χ1) is 8.31. The molecular weight excluding hydrogens is 298 g/mol. The summed E-state index contributed by atoms with van der Waals surface area (Å²) in [5.74, 6) is -0.372. The van der Waals surface area contributed by atoms with Gasteiger partial charge < -0.3 is 5.11 Å². The van der Waals surface area contributed by atoms with Gasteiger partial charge in [-0.1, -0.05) is 13.8 Å².